The third-order valence-electron chi connectivity index (χ3n) is 2.47. The van der Waals surface area contributed by atoms with E-state index in [9.17, 15) is 4.79 Å². The lowest BCUT2D eigenvalue weighted by Gasteiger charge is -2.03. The maximum atomic E-state index is 10.6. The van der Waals surface area contributed by atoms with Crippen LogP contribution in [0.4, 0.5) is 4.79 Å². The van der Waals surface area contributed by atoms with Gasteiger partial charge in [-0.05, 0) is 25.1 Å². The molecular weight excluding hydrogens is 301 g/mol. The first-order valence-corrected chi connectivity index (χ1v) is 6.34. The van der Waals surface area contributed by atoms with Crippen LogP contribution >= 0.6 is 23.2 Å². The number of carbonyl (C=O) groups excluding carboxylic acids is 1. The van der Waals surface area contributed by atoms with E-state index >= 15 is 0 Å². The standard InChI is InChI=1S/C12H11Cl2N5O/c1-7-10(6-16-17-12(15)20)11(14)19(18-7)9-4-2-3-8(13)5-9/h2-6H,1H3,(H3,15,17,20). The zero-order valence-electron chi connectivity index (χ0n) is 10.5. The van der Waals surface area contributed by atoms with Crippen LogP contribution < -0.4 is 11.2 Å². The van der Waals surface area contributed by atoms with Crippen molar-refractivity contribution in [1.29, 1.82) is 0 Å². The van der Waals surface area contributed by atoms with Crippen LogP contribution in [-0.4, -0.2) is 22.0 Å². The van der Waals surface area contributed by atoms with Crippen LogP contribution in [0, 0.1) is 6.92 Å². The molecule has 20 heavy (non-hydrogen) atoms. The van der Waals surface area contributed by atoms with Crippen molar-refractivity contribution in [3.05, 3.63) is 45.7 Å². The van der Waals surface area contributed by atoms with Gasteiger partial charge in [0.25, 0.3) is 0 Å². The Hall–Kier alpha value is -2.05. The summed E-state index contributed by atoms with van der Waals surface area (Å²) < 4.78 is 1.54. The summed E-state index contributed by atoms with van der Waals surface area (Å²) in [5, 5.41) is 8.93. The van der Waals surface area contributed by atoms with Crippen molar-refractivity contribution in [2.24, 2.45) is 10.8 Å². The number of benzene rings is 1. The van der Waals surface area contributed by atoms with Crippen LogP contribution in [0.25, 0.3) is 5.69 Å². The van der Waals surface area contributed by atoms with Crippen molar-refractivity contribution in [3.8, 4) is 5.69 Å². The number of nitrogens with zero attached hydrogens (tertiary/aromatic N) is 3. The third-order valence-corrected chi connectivity index (χ3v) is 3.07. The molecule has 2 aromatic rings. The van der Waals surface area contributed by atoms with E-state index in [0.29, 0.717) is 21.4 Å². The Bertz CT molecular complexity index is 680. The van der Waals surface area contributed by atoms with Gasteiger partial charge in [0.15, 0.2) is 0 Å². The number of hydrazone groups is 1. The third kappa shape index (κ3) is 3.09. The van der Waals surface area contributed by atoms with Crippen LogP contribution in [-0.2, 0) is 0 Å². The van der Waals surface area contributed by atoms with Crippen molar-refractivity contribution in [1.82, 2.24) is 15.2 Å². The predicted octanol–water partition coefficient (Wildman–Crippen LogP) is 2.49. The molecule has 2 rings (SSSR count). The Labute approximate surface area is 125 Å². The lowest BCUT2D eigenvalue weighted by molar-refractivity contribution is 0.249. The maximum Gasteiger partial charge on any atom is 0.332 e. The minimum Gasteiger partial charge on any atom is -0.350 e. The van der Waals surface area contributed by atoms with Gasteiger partial charge in [0.1, 0.15) is 5.15 Å². The van der Waals surface area contributed by atoms with Crippen LogP contribution in [0.3, 0.4) is 0 Å². The molecule has 1 aromatic heterocycles. The Morgan fingerprint density at radius 1 is 1.50 bits per heavy atom. The number of aryl methyl sites for hydroxylation is 1. The van der Waals surface area contributed by atoms with E-state index in [0.717, 1.165) is 5.69 Å². The summed E-state index contributed by atoms with van der Waals surface area (Å²) >= 11 is 12.2. The van der Waals surface area contributed by atoms with E-state index in [1.807, 2.05) is 6.07 Å². The summed E-state index contributed by atoms with van der Waals surface area (Å²) in [6.45, 7) is 1.78. The molecule has 8 heteroatoms. The second-order valence-electron chi connectivity index (χ2n) is 3.92. The first kappa shape index (κ1) is 14.4. The summed E-state index contributed by atoms with van der Waals surface area (Å²) in [7, 11) is 0. The van der Waals surface area contributed by atoms with Gasteiger partial charge in [0.2, 0.25) is 0 Å². The highest BCUT2D eigenvalue weighted by atomic mass is 35.5. The van der Waals surface area contributed by atoms with Crippen LogP contribution in [0.2, 0.25) is 10.2 Å². The fraction of sp³-hybridized carbons (Fsp3) is 0.0833. The van der Waals surface area contributed by atoms with Gasteiger partial charge in [-0.1, -0.05) is 29.3 Å². The van der Waals surface area contributed by atoms with Gasteiger partial charge in [-0.2, -0.15) is 10.2 Å². The first-order chi connectivity index (χ1) is 9.49. The van der Waals surface area contributed by atoms with E-state index in [1.165, 1.54) is 10.9 Å². The first-order valence-electron chi connectivity index (χ1n) is 5.58. The van der Waals surface area contributed by atoms with Gasteiger partial charge >= 0.3 is 6.03 Å². The molecule has 0 bridgehead atoms. The number of urea groups is 1. The van der Waals surface area contributed by atoms with Crippen LogP contribution in [0.5, 0.6) is 0 Å². The number of hydrogen-bond donors (Lipinski definition) is 2. The summed E-state index contributed by atoms with van der Waals surface area (Å²) in [4.78, 5) is 10.6. The molecule has 1 aromatic carbocycles. The summed E-state index contributed by atoms with van der Waals surface area (Å²) in [6, 6.07) is 6.37. The normalized spacial score (nSPS) is 10.9. The second-order valence-corrected chi connectivity index (χ2v) is 4.71. The molecule has 0 aliphatic rings. The lowest BCUT2D eigenvalue weighted by Crippen LogP contribution is -2.24. The Morgan fingerprint density at radius 3 is 2.90 bits per heavy atom. The van der Waals surface area contributed by atoms with E-state index in [4.69, 9.17) is 28.9 Å². The van der Waals surface area contributed by atoms with Gasteiger partial charge in [-0.15, -0.1) is 0 Å². The number of nitrogens with two attached hydrogens (primary N) is 1. The van der Waals surface area contributed by atoms with Crippen LogP contribution in [0.1, 0.15) is 11.3 Å². The smallest absolute Gasteiger partial charge is 0.332 e. The molecule has 1 heterocycles. The molecule has 0 saturated carbocycles. The quantitative estimate of drug-likeness (QED) is 0.674. The number of amides is 2. The van der Waals surface area contributed by atoms with Gasteiger partial charge in [-0.25, -0.2) is 14.9 Å². The topological polar surface area (TPSA) is 85.3 Å². The van der Waals surface area contributed by atoms with Gasteiger partial charge in [-0.3, -0.25) is 0 Å². The number of primary amides is 1. The zero-order chi connectivity index (χ0) is 14.7. The number of rotatable bonds is 3. The largest absolute Gasteiger partial charge is 0.350 e. The van der Waals surface area contributed by atoms with E-state index in [1.54, 1.807) is 25.1 Å². The Balaban J connectivity index is 2.38. The SMILES string of the molecule is Cc1nn(-c2cccc(Cl)c2)c(Cl)c1C=NNC(N)=O. The molecule has 0 saturated heterocycles. The molecule has 104 valence electrons. The highest BCUT2D eigenvalue weighted by molar-refractivity contribution is 6.32. The molecule has 2 amide bonds. The molecule has 0 spiro atoms. The van der Waals surface area contributed by atoms with Gasteiger partial charge < -0.3 is 5.73 Å². The molecular formula is C12H11Cl2N5O. The molecule has 0 aliphatic carbocycles. The Morgan fingerprint density at radius 2 is 2.25 bits per heavy atom. The lowest BCUT2D eigenvalue weighted by atomic mass is 10.3. The molecule has 0 radical (unpaired) electrons. The highest BCUT2D eigenvalue weighted by Gasteiger charge is 2.13. The molecule has 6 nitrogen and oxygen atoms in total. The Kier molecular flexibility index (Phi) is 4.26. The monoisotopic (exact) mass is 311 g/mol. The molecule has 0 atom stereocenters. The van der Waals surface area contributed by atoms with E-state index in [2.05, 4.69) is 15.6 Å². The number of hydrogen-bond acceptors (Lipinski definition) is 3. The predicted molar refractivity (Wildman–Crippen MR) is 78.6 cm³/mol. The van der Waals surface area contributed by atoms with E-state index < -0.39 is 6.03 Å². The van der Waals surface area contributed by atoms with E-state index in [-0.39, 0.29) is 0 Å². The summed E-state index contributed by atoms with van der Waals surface area (Å²) in [5.74, 6) is 0. The van der Waals surface area contributed by atoms with Crippen molar-refractivity contribution in [2.45, 2.75) is 6.92 Å². The number of carbonyl (C=O) groups is 1. The summed E-state index contributed by atoms with van der Waals surface area (Å²) in [5.41, 5.74) is 8.98. The minimum atomic E-state index is -0.753. The van der Waals surface area contributed by atoms with Crippen molar-refractivity contribution < 1.29 is 4.79 Å². The molecule has 0 unspecified atom stereocenters. The molecule has 0 aliphatic heterocycles. The van der Waals surface area contributed by atoms with Gasteiger partial charge in [0.05, 0.1) is 23.2 Å². The minimum absolute atomic E-state index is 0.361. The van der Waals surface area contributed by atoms with Crippen molar-refractivity contribution >= 4 is 35.4 Å². The fourth-order valence-electron chi connectivity index (χ4n) is 1.60. The maximum absolute atomic E-state index is 10.6. The van der Waals surface area contributed by atoms with Crippen molar-refractivity contribution in [2.75, 3.05) is 0 Å². The number of aromatic nitrogens is 2. The average Bonchev–Trinajstić information content (AvgIpc) is 2.66. The van der Waals surface area contributed by atoms with Crippen molar-refractivity contribution in [3.63, 3.8) is 0 Å². The van der Waals surface area contributed by atoms with Gasteiger partial charge in [0, 0.05) is 5.02 Å². The molecule has 0 fully saturated rings. The fourth-order valence-corrected chi connectivity index (χ4v) is 2.10. The average molecular weight is 312 g/mol. The zero-order valence-corrected chi connectivity index (χ0v) is 12.0. The molecule has 3 N–H and O–H groups in total. The number of halogens is 2. The summed E-state index contributed by atoms with van der Waals surface area (Å²) in [6.07, 6.45) is 1.39. The van der Waals surface area contributed by atoms with Crippen LogP contribution in [0.15, 0.2) is 29.4 Å². The second kappa shape index (κ2) is 5.94. The number of nitrogens with one attached hydrogen (secondary N) is 1. The highest BCUT2D eigenvalue weighted by Crippen LogP contribution is 2.23.